The van der Waals surface area contributed by atoms with Gasteiger partial charge < -0.3 is 10.2 Å². The quantitative estimate of drug-likeness (QED) is 0.344. The summed E-state index contributed by atoms with van der Waals surface area (Å²) in [7, 11) is -3.68. The van der Waals surface area contributed by atoms with E-state index in [1.165, 1.54) is 10.7 Å². The number of anilines is 1. The molecule has 0 bridgehead atoms. The van der Waals surface area contributed by atoms with E-state index in [0.717, 1.165) is 47.6 Å². The second-order valence-electron chi connectivity index (χ2n) is 11.1. The van der Waals surface area contributed by atoms with Gasteiger partial charge in [-0.15, -0.1) is 0 Å². The third-order valence-electron chi connectivity index (χ3n) is 8.24. The number of nitrogens with zero attached hydrogens (tertiary/aromatic N) is 2. The van der Waals surface area contributed by atoms with Crippen molar-refractivity contribution in [3.63, 3.8) is 0 Å². The lowest BCUT2D eigenvalue weighted by Gasteiger charge is -2.33. The lowest BCUT2D eigenvalue weighted by molar-refractivity contribution is -0.141. The van der Waals surface area contributed by atoms with Crippen LogP contribution < -0.4 is 9.62 Å². The molecule has 5 rings (SSSR count). The Hall–Kier alpha value is -3.39. The van der Waals surface area contributed by atoms with Gasteiger partial charge >= 0.3 is 0 Å². The molecule has 7 nitrogen and oxygen atoms in total. The third-order valence-corrected chi connectivity index (χ3v) is 10.1. The van der Waals surface area contributed by atoms with Crippen LogP contribution in [0.25, 0.3) is 10.8 Å². The minimum Gasteiger partial charge on any atom is -0.352 e. The van der Waals surface area contributed by atoms with Crippen molar-refractivity contribution in [2.75, 3.05) is 10.8 Å². The molecular weight excluding hydrogens is 522 g/mol. The topological polar surface area (TPSA) is 86.8 Å². The van der Waals surface area contributed by atoms with E-state index in [1.807, 2.05) is 62.4 Å². The van der Waals surface area contributed by atoms with E-state index in [-0.39, 0.29) is 30.8 Å². The molecule has 1 saturated carbocycles. The first-order chi connectivity index (χ1) is 19.3. The van der Waals surface area contributed by atoms with E-state index in [1.54, 1.807) is 17.0 Å². The van der Waals surface area contributed by atoms with E-state index in [4.69, 9.17) is 0 Å². The molecule has 0 saturated heterocycles. The number of aryl methyl sites for hydroxylation is 1. The largest absolute Gasteiger partial charge is 0.352 e. The lowest BCUT2D eigenvalue weighted by atomic mass is 9.95. The maximum absolute atomic E-state index is 13.7. The first kappa shape index (κ1) is 28.1. The van der Waals surface area contributed by atoms with Crippen LogP contribution in [0.1, 0.15) is 69.4 Å². The first-order valence-corrected chi connectivity index (χ1v) is 15.9. The molecule has 0 unspecified atom stereocenters. The molecule has 212 valence electrons. The van der Waals surface area contributed by atoms with E-state index >= 15 is 0 Å². The van der Waals surface area contributed by atoms with Crippen LogP contribution in [-0.2, 0) is 26.2 Å². The number of carbonyl (C=O) groups excluding carboxylic acids is 2. The maximum atomic E-state index is 13.7. The molecule has 1 atom stereocenters. The van der Waals surface area contributed by atoms with Gasteiger partial charge in [0.2, 0.25) is 11.8 Å². The summed E-state index contributed by atoms with van der Waals surface area (Å²) in [5, 5.41) is 4.84. The fourth-order valence-corrected chi connectivity index (χ4v) is 7.82. The van der Waals surface area contributed by atoms with E-state index in [9.17, 15) is 18.0 Å². The third kappa shape index (κ3) is 5.73. The smallest absolute Gasteiger partial charge is 0.265 e. The van der Waals surface area contributed by atoms with Gasteiger partial charge in [-0.3, -0.25) is 13.9 Å². The second kappa shape index (κ2) is 12.0. The van der Waals surface area contributed by atoms with Crippen LogP contribution >= 0.6 is 0 Å². The van der Waals surface area contributed by atoms with Crippen molar-refractivity contribution in [1.29, 1.82) is 0 Å². The van der Waals surface area contributed by atoms with Crippen molar-refractivity contribution in [3.8, 4) is 0 Å². The normalized spacial score (nSPS) is 17.1. The fraction of sp³-hybridized carbons (Fsp3) is 0.438. The Kier molecular flexibility index (Phi) is 8.45. The lowest BCUT2D eigenvalue weighted by Crippen LogP contribution is -2.51. The number of sulfonamides is 1. The average Bonchev–Trinajstić information content (AvgIpc) is 3.17. The summed E-state index contributed by atoms with van der Waals surface area (Å²) in [6.45, 7) is 4.49. The summed E-state index contributed by atoms with van der Waals surface area (Å²) < 4.78 is 28.1. The summed E-state index contributed by atoms with van der Waals surface area (Å²) in [5.41, 5.74) is 2.76. The molecule has 3 aromatic rings. The van der Waals surface area contributed by atoms with Crippen molar-refractivity contribution in [2.45, 2.75) is 88.7 Å². The molecule has 1 heterocycles. The molecule has 0 spiro atoms. The number of carbonyl (C=O) groups is 2. The fourth-order valence-electron chi connectivity index (χ4n) is 6.07. The molecule has 1 aliphatic heterocycles. The summed E-state index contributed by atoms with van der Waals surface area (Å²) in [5.74, 6) is -0.238. The Morgan fingerprint density at radius 3 is 2.40 bits per heavy atom. The van der Waals surface area contributed by atoms with Crippen LogP contribution in [0, 0.1) is 6.92 Å². The number of benzene rings is 3. The Morgan fingerprint density at radius 2 is 1.70 bits per heavy atom. The van der Waals surface area contributed by atoms with Gasteiger partial charge in [0.25, 0.3) is 10.0 Å². The minimum atomic E-state index is -3.68. The van der Waals surface area contributed by atoms with Crippen molar-refractivity contribution in [3.05, 3.63) is 71.8 Å². The van der Waals surface area contributed by atoms with Crippen molar-refractivity contribution in [1.82, 2.24) is 10.2 Å². The van der Waals surface area contributed by atoms with Gasteiger partial charge in [0.1, 0.15) is 6.04 Å². The SMILES string of the molecule is CC[C@@H](C(=O)NC1CCCCC1)N(Cc1ccc(C)cc1)C(=O)CCCN1c2cccc3cccc(c23)S1(=O)=O. The second-order valence-corrected chi connectivity index (χ2v) is 12.9. The zero-order valence-corrected chi connectivity index (χ0v) is 24.3. The number of hydrogen-bond donors (Lipinski definition) is 1. The zero-order chi connectivity index (χ0) is 28.3. The van der Waals surface area contributed by atoms with E-state index in [2.05, 4.69) is 5.32 Å². The highest BCUT2D eigenvalue weighted by Crippen LogP contribution is 2.42. The summed E-state index contributed by atoms with van der Waals surface area (Å²) in [6.07, 6.45) is 6.41. The molecule has 1 N–H and O–H groups in total. The van der Waals surface area contributed by atoms with Crippen LogP contribution in [0.5, 0.6) is 0 Å². The molecular formula is C32H39N3O4S. The summed E-state index contributed by atoms with van der Waals surface area (Å²) in [6, 6.07) is 18.5. The van der Waals surface area contributed by atoms with Crippen LogP contribution in [0.3, 0.4) is 0 Å². The molecule has 0 aromatic heterocycles. The van der Waals surface area contributed by atoms with Gasteiger partial charge in [0.15, 0.2) is 0 Å². The Labute approximate surface area is 237 Å². The highest BCUT2D eigenvalue weighted by molar-refractivity contribution is 7.93. The van der Waals surface area contributed by atoms with Gasteiger partial charge in [0.05, 0.1) is 10.6 Å². The predicted octanol–water partition coefficient (Wildman–Crippen LogP) is 5.69. The van der Waals surface area contributed by atoms with Crippen LogP contribution in [0.4, 0.5) is 5.69 Å². The molecule has 2 aliphatic rings. The maximum Gasteiger partial charge on any atom is 0.265 e. The summed E-state index contributed by atoms with van der Waals surface area (Å²) >= 11 is 0. The van der Waals surface area contributed by atoms with E-state index in [0.29, 0.717) is 30.0 Å². The Bertz CT molecular complexity index is 1470. The number of hydrogen-bond acceptors (Lipinski definition) is 4. The van der Waals surface area contributed by atoms with Gasteiger partial charge in [-0.25, -0.2) is 8.42 Å². The minimum absolute atomic E-state index is 0.0980. The Morgan fingerprint density at radius 1 is 1.00 bits per heavy atom. The highest BCUT2D eigenvalue weighted by atomic mass is 32.2. The van der Waals surface area contributed by atoms with Gasteiger partial charge in [-0.2, -0.15) is 0 Å². The Balaban J connectivity index is 1.31. The van der Waals surface area contributed by atoms with Crippen LogP contribution in [0.2, 0.25) is 0 Å². The van der Waals surface area contributed by atoms with Gasteiger partial charge in [-0.05, 0) is 55.7 Å². The molecule has 40 heavy (non-hydrogen) atoms. The molecule has 1 fully saturated rings. The highest BCUT2D eigenvalue weighted by Gasteiger charge is 2.36. The molecule has 3 aromatic carbocycles. The predicted molar refractivity (Wildman–Crippen MR) is 159 cm³/mol. The monoisotopic (exact) mass is 561 g/mol. The van der Waals surface area contributed by atoms with Crippen molar-refractivity contribution in [2.24, 2.45) is 0 Å². The van der Waals surface area contributed by atoms with Crippen molar-refractivity contribution >= 4 is 38.3 Å². The standard InChI is InChI=1S/C32H39N3O4S/c1-3-27(32(37)33-26-12-5-4-6-13-26)34(22-24-19-17-23(2)18-20-24)30(36)16-9-21-35-28-14-7-10-25-11-8-15-29(31(25)28)40(35,38)39/h7-8,10-11,14-15,17-20,26-27H,3-6,9,12-13,16,21-22H2,1-2H3,(H,33,37)/t27-/m0/s1. The zero-order valence-electron chi connectivity index (χ0n) is 23.4. The molecule has 8 heteroatoms. The van der Waals surface area contributed by atoms with Gasteiger partial charge in [0, 0.05) is 30.9 Å². The van der Waals surface area contributed by atoms with E-state index < -0.39 is 16.1 Å². The first-order valence-electron chi connectivity index (χ1n) is 14.5. The van der Waals surface area contributed by atoms with Crippen LogP contribution in [-0.4, -0.2) is 43.8 Å². The molecule has 0 radical (unpaired) electrons. The molecule has 1 aliphatic carbocycles. The number of nitrogens with one attached hydrogen (secondary N) is 1. The van der Waals surface area contributed by atoms with Gasteiger partial charge in [-0.1, -0.05) is 80.3 Å². The summed E-state index contributed by atoms with van der Waals surface area (Å²) in [4.78, 5) is 29.2. The van der Waals surface area contributed by atoms with Crippen LogP contribution in [0.15, 0.2) is 65.6 Å². The number of rotatable bonds is 10. The average molecular weight is 562 g/mol. The molecule has 2 amide bonds. The van der Waals surface area contributed by atoms with Crippen molar-refractivity contribution < 1.29 is 18.0 Å². The number of amides is 2.